The first-order chi connectivity index (χ1) is 11.3. The molecule has 0 aromatic rings. The molecule has 1 saturated carbocycles. The van der Waals surface area contributed by atoms with E-state index in [4.69, 9.17) is 4.74 Å². The van der Waals surface area contributed by atoms with Crippen molar-refractivity contribution in [1.29, 1.82) is 0 Å². The van der Waals surface area contributed by atoms with E-state index < -0.39 is 0 Å². The summed E-state index contributed by atoms with van der Waals surface area (Å²) in [6, 6.07) is 0. The highest BCUT2D eigenvalue weighted by atomic mass is 16.5. The summed E-state index contributed by atoms with van der Waals surface area (Å²) >= 11 is 0. The van der Waals surface area contributed by atoms with Crippen LogP contribution in [0.1, 0.15) is 79.1 Å². The Morgan fingerprint density at radius 1 is 0.875 bits per heavy atom. The average Bonchev–Trinajstić information content (AvgIpc) is 3.32. The molecule has 0 N–H and O–H groups in total. The standard InChI is InChI=1S/C21H40N2O/c1-19(2,22-15-7-18(24-5)8-16-22)10-11-20(3,4)23-14-6-9-21(17-23)12-13-21/h18H,6-17H2,1-5H3. The summed E-state index contributed by atoms with van der Waals surface area (Å²) in [4.78, 5) is 5.52. The monoisotopic (exact) mass is 336 g/mol. The van der Waals surface area contributed by atoms with Gasteiger partial charge in [0, 0.05) is 37.8 Å². The lowest BCUT2D eigenvalue weighted by Crippen LogP contribution is -2.53. The molecule has 0 aromatic heterocycles. The smallest absolute Gasteiger partial charge is 0.0595 e. The van der Waals surface area contributed by atoms with Gasteiger partial charge in [-0.05, 0) is 91.0 Å². The molecule has 24 heavy (non-hydrogen) atoms. The van der Waals surface area contributed by atoms with Crippen LogP contribution in [0.15, 0.2) is 0 Å². The fourth-order valence-electron chi connectivity index (χ4n) is 4.93. The van der Waals surface area contributed by atoms with Crippen molar-refractivity contribution in [1.82, 2.24) is 9.80 Å². The van der Waals surface area contributed by atoms with Crippen molar-refractivity contribution in [3.8, 4) is 0 Å². The van der Waals surface area contributed by atoms with Crippen molar-refractivity contribution in [2.24, 2.45) is 5.41 Å². The molecule has 1 aliphatic carbocycles. The van der Waals surface area contributed by atoms with E-state index in [0.29, 0.717) is 17.2 Å². The number of ether oxygens (including phenoxy) is 1. The van der Waals surface area contributed by atoms with Gasteiger partial charge in [-0.15, -0.1) is 0 Å². The molecule has 2 heterocycles. The van der Waals surface area contributed by atoms with Crippen LogP contribution < -0.4 is 0 Å². The van der Waals surface area contributed by atoms with E-state index in [1.54, 1.807) is 0 Å². The summed E-state index contributed by atoms with van der Waals surface area (Å²) in [7, 11) is 1.86. The molecular weight excluding hydrogens is 296 g/mol. The van der Waals surface area contributed by atoms with Gasteiger partial charge in [0.1, 0.15) is 0 Å². The Hall–Kier alpha value is -0.120. The van der Waals surface area contributed by atoms with Crippen LogP contribution in [0, 0.1) is 5.41 Å². The van der Waals surface area contributed by atoms with Gasteiger partial charge >= 0.3 is 0 Å². The molecular formula is C21H40N2O. The Labute approximate surface area is 150 Å². The molecule has 0 atom stereocenters. The highest BCUT2D eigenvalue weighted by Crippen LogP contribution is 2.53. The first-order valence-electron chi connectivity index (χ1n) is 10.3. The minimum Gasteiger partial charge on any atom is -0.381 e. The minimum absolute atomic E-state index is 0.309. The SMILES string of the molecule is COC1CCN(C(C)(C)CCC(C)(C)N2CCCC3(CC3)C2)CC1. The lowest BCUT2D eigenvalue weighted by Gasteiger charge is -2.47. The molecule has 3 nitrogen and oxygen atoms in total. The molecule has 140 valence electrons. The molecule has 1 spiro atoms. The summed E-state index contributed by atoms with van der Waals surface area (Å²) in [5, 5.41) is 0. The molecule has 3 aliphatic rings. The predicted octanol–water partition coefficient (Wildman–Crippen LogP) is 4.31. The van der Waals surface area contributed by atoms with Gasteiger partial charge in [0.2, 0.25) is 0 Å². The van der Waals surface area contributed by atoms with Crippen molar-refractivity contribution in [3.05, 3.63) is 0 Å². The molecule has 0 aromatic carbocycles. The second-order valence-electron chi connectivity index (χ2n) is 10.1. The summed E-state index contributed by atoms with van der Waals surface area (Å²) in [5.74, 6) is 0. The van der Waals surface area contributed by atoms with E-state index in [0.717, 1.165) is 5.41 Å². The van der Waals surface area contributed by atoms with E-state index in [2.05, 4.69) is 37.5 Å². The van der Waals surface area contributed by atoms with Gasteiger partial charge in [-0.2, -0.15) is 0 Å². The molecule has 0 bridgehead atoms. The van der Waals surface area contributed by atoms with Crippen LogP contribution in [0.5, 0.6) is 0 Å². The maximum Gasteiger partial charge on any atom is 0.0595 e. The molecule has 0 amide bonds. The first-order valence-corrected chi connectivity index (χ1v) is 10.3. The van der Waals surface area contributed by atoms with Crippen LogP contribution in [0.4, 0.5) is 0 Å². The van der Waals surface area contributed by atoms with Gasteiger partial charge in [0.25, 0.3) is 0 Å². The number of likely N-dealkylation sites (tertiary alicyclic amines) is 2. The largest absolute Gasteiger partial charge is 0.381 e. The molecule has 2 aliphatic heterocycles. The third-order valence-electron chi connectivity index (χ3n) is 7.45. The maximum atomic E-state index is 5.54. The summed E-state index contributed by atoms with van der Waals surface area (Å²) in [6.07, 6.45) is 11.3. The molecule has 3 heteroatoms. The fraction of sp³-hybridized carbons (Fsp3) is 1.00. The number of piperidine rings is 2. The Morgan fingerprint density at radius 2 is 1.46 bits per heavy atom. The van der Waals surface area contributed by atoms with Crippen molar-refractivity contribution in [3.63, 3.8) is 0 Å². The van der Waals surface area contributed by atoms with Crippen molar-refractivity contribution in [2.75, 3.05) is 33.3 Å². The predicted molar refractivity (Wildman–Crippen MR) is 101 cm³/mol. The van der Waals surface area contributed by atoms with Crippen LogP contribution in [0.3, 0.4) is 0 Å². The zero-order valence-electron chi connectivity index (χ0n) is 16.9. The number of hydrogen-bond acceptors (Lipinski definition) is 3. The summed E-state index contributed by atoms with van der Waals surface area (Å²) < 4.78 is 5.54. The quantitative estimate of drug-likeness (QED) is 0.719. The highest BCUT2D eigenvalue weighted by molar-refractivity contribution is 5.01. The Bertz CT molecular complexity index is 420. The molecule has 0 radical (unpaired) electrons. The minimum atomic E-state index is 0.309. The maximum absolute atomic E-state index is 5.54. The third kappa shape index (κ3) is 4.16. The van der Waals surface area contributed by atoms with Gasteiger partial charge in [0.15, 0.2) is 0 Å². The lowest BCUT2D eigenvalue weighted by molar-refractivity contribution is -0.00646. The molecule has 2 saturated heterocycles. The Morgan fingerprint density at radius 3 is 2.00 bits per heavy atom. The Balaban J connectivity index is 1.51. The summed E-state index contributed by atoms with van der Waals surface area (Å²) in [5.41, 5.74) is 1.38. The second-order valence-corrected chi connectivity index (χ2v) is 10.1. The number of rotatable bonds is 6. The average molecular weight is 337 g/mol. The molecule has 3 rings (SSSR count). The number of methoxy groups -OCH3 is 1. The van der Waals surface area contributed by atoms with Gasteiger partial charge in [-0.25, -0.2) is 0 Å². The van der Waals surface area contributed by atoms with Gasteiger partial charge in [-0.3, -0.25) is 9.80 Å². The Kier molecular flexibility index (Phi) is 5.36. The molecule has 0 unspecified atom stereocenters. The zero-order chi connectivity index (χ0) is 17.4. The first kappa shape index (κ1) is 18.7. The van der Waals surface area contributed by atoms with Crippen LogP contribution in [-0.4, -0.2) is 60.3 Å². The third-order valence-corrected chi connectivity index (χ3v) is 7.45. The topological polar surface area (TPSA) is 15.7 Å². The van der Waals surface area contributed by atoms with E-state index in [9.17, 15) is 0 Å². The molecule has 3 fully saturated rings. The zero-order valence-corrected chi connectivity index (χ0v) is 16.9. The fourth-order valence-corrected chi connectivity index (χ4v) is 4.93. The van der Waals surface area contributed by atoms with Crippen LogP contribution in [0.2, 0.25) is 0 Å². The van der Waals surface area contributed by atoms with Gasteiger partial charge in [-0.1, -0.05) is 0 Å². The van der Waals surface area contributed by atoms with E-state index in [1.807, 2.05) is 7.11 Å². The van der Waals surface area contributed by atoms with Crippen LogP contribution in [0.25, 0.3) is 0 Å². The van der Waals surface area contributed by atoms with E-state index in [1.165, 1.54) is 77.5 Å². The van der Waals surface area contributed by atoms with Crippen molar-refractivity contribution < 1.29 is 4.74 Å². The van der Waals surface area contributed by atoms with E-state index in [-0.39, 0.29) is 0 Å². The van der Waals surface area contributed by atoms with Crippen LogP contribution >= 0.6 is 0 Å². The highest BCUT2D eigenvalue weighted by Gasteiger charge is 2.48. The van der Waals surface area contributed by atoms with E-state index >= 15 is 0 Å². The van der Waals surface area contributed by atoms with Crippen LogP contribution in [-0.2, 0) is 4.74 Å². The summed E-state index contributed by atoms with van der Waals surface area (Å²) in [6.45, 7) is 14.9. The second kappa shape index (κ2) is 6.89. The number of hydrogen-bond donors (Lipinski definition) is 0. The number of nitrogens with zero attached hydrogens (tertiary/aromatic N) is 2. The van der Waals surface area contributed by atoms with Gasteiger partial charge in [0.05, 0.1) is 6.10 Å². The van der Waals surface area contributed by atoms with Crippen molar-refractivity contribution >= 4 is 0 Å². The normalized spacial score (nSPS) is 26.9. The van der Waals surface area contributed by atoms with Crippen molar-refractivity contribution in [2.45, 2.75) is 96.2 Å². The van der Waals surface area contributed by atoms with Gasteiger partial charge < -0.3 is 4.74 Å². The lowest BCUT2D eigenvalue weighted by atomic mass is 9.83.